The number of carboxylic acids is 1. The maximum Gasteiger partial charge on any atom is 0.306 e. The van der Waals surface area contributed by atoms with Crippen LogP contribution in [0.2, 0.25) is 0 Å². The molecule has 1 amide bonds. The predicted molar refractivity (Wildman–Crippen MR) is 51.7 cm³/mol. The molecule has 0 spiro atoms. The van der Waals surface area contributed by atoms with Gasteiger partial charge in [0.2, 0.25) is 5.91 Å². The van der Waals surface area contributed by atoms with E-state index in [1.165, 1.54) is 0 Å². The third kappa shape index (κ3) is 2.58. The van der Waals surface area contributed by atoms with Crippen molar-refractivity contribution in [3.05, 3.63) is 12.7 Å². The maximum atomic E-state index is 11.4. The Hall–Kier alpha value is -1.32. The van der Waals surface area contributed by atoms with E-state index in [1.54, 1.807) is 6.08 Å². The molecule has 1 fully saturated rings. The van der Waals surface area contributed by atoms with Crippen LogP contribution in [0, 0.1) is 11.8 Å². The number of hydrogen-bond donors (Lipinski definition) is 2. The Kier molecular flexibility index (Phi) is 3.68. The van der Waals surface area contributed by atoms with Crippen LogP contribution in [0.15, 0.2) is 12.7 Å². The summed E-state index contributed by atoms with van der Waals surface area (Å²) in [6.07, 6.45) is 3.38. The molecule has 0 aromatic rings. The quantitative estimate of drug-likeness (QED) is 0.655. The zero-order valence-corrected chi connectivity index (χ0v) is 8.03. The molecule has 0 aromatic heterocycles. The van der Waals surface area contributed by atoms with Gasteiger partial charge in [-0.1, -0.05) is 6.08 Å². The summed E-state index contributed by atoms with van der Waals surface area (Å²) in [5.41, 5.74) is 0. The molecule has 0 saturated heterocycles. The molecule has 1 aliphatic rings. The maximum absolute atomic E-state index is 11.4. The lowest BCUT2D eigenvalue weighted by atomic mass is 10.0. The second-order valence-electron chi connectivity index (χ2n) is 3.58. The van der Waals surface area contributed by atoms with Crippen LogP contribution in [0.25, 0.3) is 0 Å². The lowest BCUT2D eigenvalue weighted by molar-refractivity contribution is -0.141. The minimum absolute atomic E-state index is 0.0475. The molecule has 1 saturated carbocycles. The lowest BCUT2D eigenvalue weighted by Gasteiger charge is -2.08. The topological polar surface area (TPSA) is 66.4 Å². The smallest absolute Gasteiger partial charge is 0.306 e. The van der Waals surface area contributed by atoms with Crippen LogP contribution in [0.3, 0.4) is 0 Å². The minimum atomic E-state index is -0.788. The second-order valence-corrected chi connectivity index (χ2v) is 3.58. The predicted octanol–water partition coefficient (Wildman–Crippen LogP) is 0.789. The Bertz CT molecular complexity index is 250. The molecule has 1 rings (SSSR count). The molecule has 0 heterocycles. The molecule has 2 N–H and O–H groups in total. The summed E-state index contributed by atoms with van der Waals surface area (Å²) in [6.45, 7) is 3.95. The first-order valence-corrected chi connectivity index (χ1v) is 4.76. The summed E-state index contributed by atoms with van der Waals surface area (Å²) in [4.78, 5) is 22.1. The number of carbonyl (C=O) groups is 2. The SMILES string of the molecule is C=CCNC(=O)C1CCC(C(=O)O)C1. The van der Waals surface area contributed by atoms with E-state index in [2.05, 4.69) is 11.9 Å². The van der Waals surface area contributed by atoms with Gasteiger partial charge in [0.15, 0.2) is 0 Å². The molecule has 0 aliphatic heterocycles. The number of amides is 1. The van der Waals surface area contributed by atoms with E-state index in [9.17, 15) is 9.59 Å². The number of carboxylic acid groups (broad SMARTS) is 1. The highest BCUT2D eigenvalue weighted by atomic mass is 16.4. The van der Waals surface area contributed by atoms with Crippen LogP contribution < -0.4 is 5.32 Å². The third-order valence-corrected chi connectivity index (χ3v) is 2.57. The fourth-order valence-electron chi connectivity index (χ4n) is 1.76. The number of hydrogen-bond acceptors (Lipinski definition) is 2. The first-order chi connectivity index (χ1) is 6.65. The molecule has 14 heavy (non-hydrogen) atoms. The van der Waals surface area contributed by atoms with Gasteiger partial charge < -0.3 is 10.4 Å². The van der Waals surface area contributed by atoms with Crippen molar-refractivity contribution in [2.45, 2.75) is 19.3 Å². The summed E-state index contributed by atoms with van der Waals surface area (Å²) >= 11 is 0. The highest BCUT2D eigenvalue weighted by molar-refractivity contribution is 5.80. The van der Waals surface area contributed by atoms with Crippen LogP contribution in [-0.4, -0.2) is 23.5 Å². The van der Waals surface area contributed by atoms with Gasteiger partial charge in [-0.15, -0.1) is 6.58 Å². The lowest BCUT2D eigenvalue weighted by Crippen LogP contribution is -2.29. The first-order valence-electron chi connectivity index (χ1n) is 4.76. The Morgan fingerprint density at radius 3 is 2.57 bits per heavy atom. The largest absolute Gasteiger partial charge is 0.481 e. The molecule has 1 aliphatic carbocycles. The fraction of sp³-hybridized carbons (Fsp3) is 0.600. The van der Waals surface area contributed by atoms with Gasteiger partial charge in [0.05, 0.1) is 5.92 Å². The van der Waals surface area contributed by atoms with Gasteiger partial charge >= 0.3 is 5.97 Å². The van der Waals surface area contributed by atoms with E-state index in [4.69, 9.17) is 5.11 Å². The van der Waals surface area contributed by atoms with E-state index in [1.807, 2.05) is 0 Å². The van der Waals surface area contributed by atoms with Crippen LogP contribution in [0.5, 0.6) is 0 Å². The summed E-state index contributed by atoms with van der Waals surface area (Å²) in [7, 11) is 0. The van der Waals surface area contributed by atoms with Gasteiger partial charge in [-0.2, -0.15) is 0 Å². The van der Waals surface area contributed by atoms with E-state index < -0.39 is 5.97 Å². The average Bonchev–Trinajstić information content (AvgIpc) is 2.62. The molecule has 78 valence electrons. The number of nitrogens with one attached hydrogen (secondary N) is 1. The highest BCUT2D eigenvalue weighted by Gasteiger charge is 2.33. The highest BCUT2D eigenvalue weighted by Crippen LogP contribution is 2.30. The molecule has 4 heteroatoms. The third-order valence-electron chi connectivity index (χ3n) is 2.57. The Balaban J connectivity index is 2.37. The summed E-state index contributed by atoms with van der Waals surface area (Å²) in [5.74, 6) is -1.30. The summed E-state index contributed by atoms with van der Waals surface area (Å²) < 4.78 is 0. The van der Waals surface area contributed by atoms with Crippen molar-refractivity contribution >= 4 is 11.9 Å². The van der Waals surface area contributed by atoms with Crippen molar-refractivity contribution in [3.63, 3.8) is 0 Å². The normalized spacial score (nSPS) is 25.7. The zero-order valence-electron chi connectivity index (χ0n) is 8.03. The van der Waals surface area contributed by atoms with Crippen LogP contribution in [0.4, 0.5) is 0 Å². The Morgan fingerprint density at radius 1 is 1.43 bits per heavy atom. The van der Waals surface area contributed by atoms with Gasteiger partial charge in [-0.3, -0.25) is 9.59 Å². The van der Waals surface area contributed by atoms with Gasteiger partial charge in [0.1, 0.15) is 0 Å². The molecule has 2 unspecified atom stereocenters. The molecular formula is C10H15NO3. The molecule has 0 radical (unpaired) electrons. The van der Waals surface area contributed by atoms with Crippen LogP contribution in [-0.2, 0) is 9.59 Å². The van der Waals surface area contributed by atoms with E-state index in [0.29, 0.717) is 25.8 Å². The van der Waals surface area contributed by atoms with Gasteiger partial charge in [0.25, 0.3) is 0 Å². The van der Waals surface area contributed by atoms with Crippen molar-refractivity contribution in [1.82, 2.24) is 5.32 Å². The monoisotopic (exact) mass is 197 g/mol. The van der Waals surface area contributed by atoms with Crippen molar-refractivity contribution in [1.29, 1.82) is 0 Å². The molecule has 2 atom stereocenters. The number of rotatable bonds is 4. The van der Waals surface area contributed by atoms with Crippen molar-refractivity contribution in [2.75, 3.05) is 6.54 Å². The number of carbonyl (C=O) groups excluding carboxylic acids is 1. The zero-order chi connectivity index (χ0) is 10.6. The number of aliphatic carboxylic acids is 1. The van der Waals surface area contributed by atoms with E-state index in [-0.39, 0.29) is 17.7 Å². The summed E-state index contributed by atoms with van der Waals surface area (Å²) in [5, 5.41) is 11.4. The van der Waals surface area contributed by atoms with Crippen LogP contribution in [0.1, 0.15) is 19.3 Å². The van der Waals surface area contributed by atoms with Crippen molar-refractivity contribution < 1.29 is 14.7 Å². The Morgan fingerprint density at radius 2 is 2.07 bits per heavy atom. The van der Waals surface area contributed by atoms with Gasteiger partial charge in [-0.05, 0) is 19.3 Å². The van der Waals surface area contributed by atoms with Gasteiger partial charge in [-0.25, -0.2) is 0 Å². The molecule has 4 nitrogen and oxygen atoms in total. The van der Waals surface area contributed by atoms with Gasteiger partial charge in [0, 0.05) is 12.5 Å². The Labute approximate surface area is 83.0 Å². The second kappa shape index (κ2) is 4.79. The first kappa shape index (κ1) is 10.8. The fourth-order valence-corrected chi connectivity index (χ4v) is 1.76. The minimum Gasteiger partial charge on any atom is -0.481 e. The van der Waals surface area contributed by atoms with E-state index in [0.717, 1.165) is 0 Å². The van der Waals surface area contributed by atoms with Crippen molar-refractivity contribution in [2.24, 2.45) is 11.8 Å². The van der Waals surface area contributed by atoms with E-state index >= 15 is 0 Å². The van der Waals surface area contributed by atoms with Crippen LogP contribution >= 0.6 is 0 Å². The molecule has 0 bridgehead atoms. The average molecular weight is 197 g/mol. The summed E-state index contributed by atoms with van der Waals surface area (Å²) in [6, 6.07) is 0. The van der Waals surface area contributed by atoms with Crippen molar-refractivity contribution in [3.8, 4) is 0 Å². The molecule has 0 aromatic carbocycles. The standard InChI is InChI=1S/C10H15NO3/c1-2-5-11-9(12)7-3-4-8(6-7)10(13)14/h2,7-8H,1,3-6H2,(H,11,12)(H,13,14). The molecular weight excluding hydrogens is 182 g/mol.